The first-order chi connectivity index (χ1) is 6.93. The standard InChI is InChI=1S/C10H11F3OS/c1-2-3-7(14)6-8-4-5-9(15-8)10(11,12)13/h4-6,14H,2-3H2,1H3/b7-6-. The van der Waals surface area contributed by atoms with Crippen LogP contribution < -0.4 is 0 Å². The van der Waals surface area contributed by atoms with Crippen molar-refractivity contribution in [2.75, 3.05) is 0 Å². The van der Waals surface area contributed by atoms with Gasteiger partial charge in [0.05, 0.1) is 5.76 Å². The Morgan fingerprint density at radius 1 is 1.47 bits per heavy atom. The summed E-state index contributed by atoms with van der Waals surface area (Å²) < 4.78 is 36.6. The zero-order chi connectivity index (χ0) is 11.5. The maximum Gasteiger partial charge on any atom is 0.425 e. The Kier molecular flexibility index (Phi) is 3.79. The molecule has 0 spiro atoms. The van der Waals surface area contributed by atoms with Crippen molar-refractivity contribution in [1.82, 2.24) is 0 Å². The zero-order valence-corrected chi connectivity index (χ0v) is 8.95. The van der Waals surface area contributed by atoms with E-state index in [1.54, 1.807) is 0 Å². The number of alkyl halides is 3. The molecular weight excluding hydrogens is 225 g/mol. The third-order valence-electron chi connectivity index (χ3n) is 1.72. The van der Waals surface area contributed by atoms with Crippen molar-refractivity contribution >= 4 is 17.4 Å². The number of rotatable bonds is 3. The van der Waals surface area contributed by atoms with Gasteiger partial charge in [0.2, 0.25) is 0 Å². The molecule has 1 heterocycles. The van der Waals surface area contributed by atoms with E-state index >= 15 is 0 Å². The van der Waals surface area contributed by atoms with Crippen molar-refractivity contribution in [3.05, 3.63) is 27.6 Å². The van der Waals surface area contributed by atoms with E-state index < -0.39 is 11.1 Å². The van der Waals surface area contributed by atoms with Crippen molar-refractivity contribution in [1.29, 1.82) is 0 Å². The number of aliphatic hydroxyl groups excluding tert-OH is 1. The molecule has 0 aliphatic carbocycles. The lowest BCUT2D eigenvalue weighted by molar-refractivity contribution is -0.134. The normalized spacial score (nSPS) is 13.2. The van der Waals surface area contributed by atoms with Crippen LogP contribution in [-0.2, 0) is 6.18 Å². The molecule has 0 aliphatic heterocycles. The molecule has 15 heavy (non-hydrogen) atoms. The van der Waals surface area contributed by atoms with Crippen LogP contribution in [0.4, 0.5) is 13.2 Å². The van der Waals surface area contributed by atoms with E-state index in [-0.39, 0.29) is 5.76 Å². The first-order valence-electron chi connectivity index (χ1n) is 4.50. The van der Waals surface area contributed by atoms with E-state index in [2.05, 4.69) is 0 Å². The number of aliphatic hydroxyl groups is 1. The van der Waals surface area contributed by atoms with Crippen LogP contribution in [0.5, 0.6) is 0 Å². The second-order valence-electron chi connectivity index (χ2n) is 3.09. The number of allylic oxidation sites excluding steroid dienone is 1. The van der Waals surface area contributed by atoms with Crippen LogP contribution in [0, 0.1) is 0 Å². The molecule has 5 heteroatoms. The van der Waals surface area contributed by atoms with Crippen molar-refractivity contribution in [3.8, 4) is 0 Å². The smallest absolute Gasteiger partial charge is 0.425 e. The summed E-state index contributed by atoms with van der Waals surface area (Å²) in [6.07, 6.45) is -1.67. The van der Waals surface area contributed by atoms with Crippen LogP contribution in [0.3, 0.4) is 0 Å². The van der Waals surface area contributed by atoms with Gasteiger partial charge >= 0.3 is 6.18 Å². The molecule has 0 aromatic carbocycles. The predicted octanol–water partition coefficient (Wildman–Crippen LogP) is 4.47. The number of hydrogen-bond acceptors (Lipinski definition) is 2. The van der Waals surface area contributed by atoms with Gasteiger partial charge in [0, 0.05) is 11.3 Å². The molecule has 84 valence electrons. The molecular formula is C10H11F3OS. The molecule has 0 unspecified atom stereocenters. The average molecular weight is 236 g/mol. The van der Waals surface area contributed by atoms with Crippen LogP contribution in [0.15, 0.2) is 17.9 Å². The van der Waals surface area contributed by atoms with Gasteiger partial charge in [0.15, 0.2) is 0 Å². The summed E-state index contributed by atoms with van der Waals surface area (Å²) in [5.41, 5.74) is 0. The van der Waals surface area contributed by atoms with Crippen molar-refractivity contribution in [2.45, 2.75) is 25.9 Å². The van der Waals surface area contributed by atoms with Gasteiger partial charge in [-0.15, -0.1) is 11.3 Å². The van der Waals surface area contributed by atoms with Crippen molar-refractivity contribution < 1.29 is 18.3 Å². The molecule has 1 nitrogen and oxygen atoms in total. The highest BCUT2D eigenvalue weighted by Gasteiger charge is 2.32. The molecule has 0 amide bonds. The second kappa shape index (κ2) is 4.70. The van der Waals surface area contributed by atoms with E-state index in [4.69, 9.17) is 0 Å². The molecule has 0 aliphatic rings. The monoisotopic (exact) mass is 236 g/mol. The molecule has 0 saturated carbocycles. The molecule has 0 radical (unpaired) electrons. The summed E-state index contributed by atoms with van der Waals surface area (Å²) >= 11 is 0.633. The Morgan fingerprint density at radius 3 is 2.60 bits per heavy atom. The lowest BCUT2D eigenvalue weighted by Gasteiger charge is -2.00. The first-order valence-corrected chi connectivity index (χ1v) is 5.31. The number of hydrogen-bond donors (Lipinski definition) is 1. The fraction of sp³-hybridized carbons (Fsp3) is 0.400. The minimum absolute atomic E-state index is 0.119. The van der Waals surface area contributed by atoms with Crippen LogP contribution in [0.25, 0.3) is 6.08 Å². The summed E-state index contributed by atoms with van der Waals surface area (Å²) in [4.78, 5) is -0.216. The topological polar surface area (TPSA) is 20.2 Å². The highest BCUT2D eigenvalue weighted by Crippen LogP contribution is 2.35. The van der Waals surface area contributed by atoms with Gasteiger partial charge in [-0.3, -0.25) is 0 Å². The third kappa shape index (κ3) is 3.58. The predicted molar refractivity (Wildman–Crippen MR) is 54.8 cm³/mol. The Morgan fingerprint density at radius 2 is 2.13 bits per heavy atom. The van der Waals surface area contributed by atoms with E-state index in [9.17, 15) is 18.3 Å². The van der Waals surface area contributed by atoms with Gasteiger partial charge in [0.25, 0.3) is 0 Å². The van der Waals surface area contributed by atoms with E-state index in [1.165, 1.54) is 12.1 Å². The van der Waals surface area contributed by atoms with Crippen LogP contribution in [0.2, 0.25) is 0 Å². The van der Waals surface area contributed by atoms with Gasteiger partial charge in [-0.05, 0) is 24.6 Å². The van der Waals surface area contributed by atoms with Crippen LogP contribution in [-0.4, -0.2) is 5.11 Å². The molecule has 1 aromatic heterocycles. The third-order valence-corrected chi connectivity index (χ3v) is 2.80. The fourth-order valence-electron chi connectivity index (χ4n) is 1.08. The minimum Gasteiger partial charge on any atom is -0.512 e. The van der Waals surface area contributed by atoms with Gasteiger partial charge < -0.3 is 5.11 Å². The maximum atomic E-state index is 12.2. The van der Waals surface area contributed by atoms with E-state index in [0.717, 1.165) is 12.5 Å². The molecule has 1 rings (SSSR count). The van der Waals surface area contributed by atoms with Crippen LogP contribution in [0.1, 0.15) is 29.5 Å². The largest absolute Gasteiger partial charge is 0.512 e. The summed E-state index contributed by atoms with van der Waals surface area (Å²) in [5.74, 6) is 0.119. The molecule has 0 atom stereocenters. The molecule has 0 saturated heterocycles. The van der Waals surface area contributed by atoms with Gasteiger partial charge in [0.1, 0.15) is 4.88 Å². The minimum atomic E-state index is -4.29. The second-order valence-corrected chi connectivity index (χ2v) is 4.20. The quantitative estimate of drug-likeness (QED) is 0.768. The fourth-order valence-corrected chi connectivity index (χ4v) is 1.91. The highest BCUT2D eigenvalue weighted by atomic mass is 32.1. The Labute approximate surface area is 89.9 Å². The Bertz CT molecular complexity index is 352. The van der Waals surface area contributed by atoms with Crippen molar-refractivity contribution in [2.24, 2.45) is 0 Å². The first kappa shape index (κ1) is 12.1. The van der Waals surface area contributed by atoms with Gasteiger partial charge in [-0.1, -0.05) is 6.92 Å². The Hall–Kier alpha value is -0.970. The van der Waals surface area contributed by atoms with Gasteiger partial charge in [-0.2, -0.15) is 13.2 Å². The summed E-state index contributed by atoms with van der Waals surface area (Å²) in [6, 6.07) is 2.38. The zero-order valence-electron chi connectivity index (χ0n) is 8.14. The van der Waals surface area contributed by atoms with E-state index in [1.807, 2.05) is 6.92 Å². The summed E-state index contributed by atoms with van der Waals surface area (Å²) in [6.45, 7) is 1.89. The molecule has 1 N–H and O–H groups in total. The van der Waals surface area contributed by atoms with Gasteiger partial charge in [-0.25, -0.2) is 0 Å². The van der Waals surface area contributed by atoms with Crippen LogP contribution >= 0.6 is 11.3 Å². The van der Waals surface area contributed by atoms with E-state index in [0.29, 0.717) is 22.6 Å². The number of halogens is 3. The summed E-state index contributed by atoms with van der Waals surface area (Å²) in [5, 5.41) is 9.30. The SMILES string of the molecule is CCC/C(O)=C/c1ccc(C(F)(F)F)s1. The van der Waals surface area contributed by atoms with Crippen molar-refractivity contribution in [3.63, 3.8) is 0 Å². The lowest BCUT2D eigenvalue weighted by Crippen LogP contribution is -2.00. The average Bonchev–Trinajstić information content (AvgIpc) is 2.52. The molecule has 0 fully saturated rings. The maximum absolute atomic E-state index is 12.2. The Balaban J connectivity index is 2.81. The molecule has 0 bridgehead atoms. The molecule has 1 aromatic rings. The number of thiophene rings is 1. The highest BCUT2D eigenvalue weighted by molar-refractivity contribution is 7.13. The summed E-state index contributed by atoms with van der Waals surface area (Å²) in [7, 11) is 0. The lowest BCUT2D eigenvalue weighted by atomic mass is 10.2.